The van der Waals surface area contributed by atoms with Gasteiger partial charge in [0.25, 0.3) is 0 Å². The van der Waals surface area contributed by atoms with Crippen molar-refractivity contribution in [1.29, 1.82) is 0 Å². The quantitative estimate of drug-likeness (QED) is 0.876. The molecule has 0 fully saturated rings. The van der Waals surface area contributed by atoms with Crippen LogP contribution in [0.4, 0.5) is 4.39 Å². The normalized spacial score (nSPS) is 10.5. The Bertz CT molecular complexity index is 658. The van der Waals surface area contributed by atoms with Crippen molar-refractivity contribution in [2.75, 3.05) is 13.6 Å². The maximum Gasteiger partial charge on any atom is 0.236 e. The number of hydrogen-bond acceptors (Lipinski definition) is 3. The summed E-state index contributed by atoms with van der Waals surface area (Å²) in [6.07, 6.45) is 0. The minimum Gasteiger partial charge on any atom is -0.340 e. The highest BCUT2D eigenvalue weighted by atomic mass is 19.1. The van der Waals surface area contributed by atoms with Gasteiger partial charge in [-0.05, 0) is 36.2 Å². The first-order valence-electron chi connectivity index (χ1n) is 6.67. The van der Waals surface area contributed by atoms with Gasteiger partial charge in [0.05, 0.1) is 6.54 Å². The van der Waals surface area contributed by atoms with Gasteiger partial charge in [0.1, 0.15) is 0 Å². The van der Waals surface area contributed by atoms with E-state index in [-0.39, 0.29) is 12.5 Å². The van der Waals surface area contributed by atoms with Crippen LogP contribution >= 0.6 is 0 Å². The molecule has 0 radical (unpaired) electrons. The molecule has 2 rings (SSSR count). The average Bonchev–Trinajstić information content (AvgIpc) is 2.46. The van der Waals surface area contributed by atoms with Crippen LogP contribution in [0.25, 0.3) is 11.1 Å². The minimum absolute atomic E-state index is 0.0211. The second-order valence-corrected chi connectivity index (χ2v) is 4.95. The highest BCUT2D eigenvalue weighted by Crippen LogP contribution is 2.23. The molecule has 0 aliphatic rings. The largest absolute Gasteiger partial charge is 0.340 e. The van der Waals surface area contributed by atoms with Crippen molar-refractivity contribution in [1.82, 2.24) is 9.88 Å². The van der Waals surface area contributed by atoms with Crippen LogP contribution in [0.3, 0.4) is 0 Å². The van der Waals surface area contributed by atoms with E-state index in [2.05, 4.69) is 4.98 Å². The van der Waals surface area contributed by atoms with E-state index in [0.29, 0.717) is 17.8 Å². The Labute approximate surface area is 123 Å². The van der Waals surface area contributed by atoms with Gasteiger partial charge in [0, 0.05) is 24.8 Å². The average molecular weight is 287 g/mol. The fraction of sp³-hybridized carbons (Fsp3) is 0.250. The summed E-state index contributed by atoms with van der Waals surface area (Å²) in [4.78, 5) is 16.9. The van der Waals surface area contributed by atoms with Crippen LogP contribution in [-0.2, 0) is 11.3 Å². The lowest BCUT2D eigenvalue weighted by molar-refractivity contribution is -0.128. The Morgan fingerprint density at radius 2 is 2.10 bits per heavy atom. The Kier molecular flexibility index (Phi) is 4.65. The Hall–Kier alpha value is -2.27. The van der Waals surface area contributed by atoms with Gasteiger partial charge in [-0.3, -0.25) is 4.79 Å². The lowest BCUT2D eigenvalue weighted by Gasteiger charge is -2.16. The molecule has 0 bridgehead atoms. The third-order valence-corrected chi connectivity index (χ3v) is 3.25. The molecule has 0 saturated heterocycles. The first-order valence-corrected chi connectivity index (χ1v) is 6.67. The summed E-state index contributed by atoms with van der Waals surface area (Å²) in [5.41, 5.74) is 8.08. The topological polar surface area (TPSA) is 59.2 Å². The molecular weight excluding hydrogens is 269 g/mol. The van der Waals surface area contributed by atoms with Gasteiger partial charge >= 0.3 is 0 Å². The highest BCUT2D eigenvalue weighted by Gasteiger charge is 2.10. The summed E-state index contributed by atoms with van der Waals surface area (Å²) in [7, 11) is 1.69. The van der Waals surface area contributed by atoms with Crippen molar-refractivity contribution in [2.45, 2.75) is 13.5 Å². The van der Waals surface area contributed by atoms with Crippen LogP contribution in [-0.4, -0.2) is 29.4 Å². The van der Waals surface area contributed by atoms with Gasteiger partial charge in [-0.2, -0.15) is 4.39 Å². The molecule has 0 atom stereocenters. The van der Waals surface area contributed by atoms with Crippen molar-refractivity contribution in [2.24, 2.45) is 5.73 Å². The third kappa shape index (κ3) is 3.64. The van der Waals surface area contributed by atoms with E-state index in [1.807, 2.05) is 24.3 Å². The van der Waals surface area contributed by atoms with Crippen molar-refractivity contribution >= 4 is 5.91 Å². The monoisotopic (exact) mass is 287 g/mol. The molecular formula is C16H18FN3O. The summed E-state index contributed by atoms with van der Waals surface area (Å²) < 4.78 is 13.9. The summed E-state index contributed by atoms with van der Waals surface area (Å²) in [5.74, 6) is -0.623. The highest BCUT2D eigenvalue weighted by molar-refractivity contribution is 5.77. The van der Waals surface area contributed by atoms with Gasteiger partial charge in [0.15, 0.2) is 0 Å². The number of nitrogens with two attached hydrogens (primary N) is 1. The number of carbonyl (C=O) groups excluding carboxylic acids is 1. The first-order chi connectivity index (χ1) is 10.0. The van der Waals surface area contributed by atoms with Gasteiger partial charge in [-0.1, -0.05) is 18.2 Å². The molecule has 2 N–H and O–H groups in total. The number of pyridine rings is 1. The van der Waals surface area contributed by atoms with Gasteiger partial charge in [0.2, 0.25) is 11.9 Å². The molecule has 1 aromatic carbocycles. The van der Waals surface area contributed by atoms with E-state index in [4.69, 9.17) is 5.73 Å². The Balaban J connectivity index is 2.27. The lowest BCUT2D eigenvalue weighted by atomic mass is 10.0. The summed E-state index contributed by atoms with van der Waals surface area (Å²) in [6.45, 7) is 2.16. The van der Waals surface area contributed by atoms with Crippen molar-refractivity contribution in [3.8, 4) is 11.1 Å². The van der Waals surface area contributed by atoms with Crippen LogP contribution < -0.4 is 5.73 Å². The van der Waals surface area contributed by atoms with E-state index in [1.54, 1.807) is 31.0 Å². The molecule has 1 amide bonds. The predicted molar refractivity (Wildman–Crippen MR) is 79.9 cm³/mol. The Morgan fingerprint density at radius 1 is 1.33 bits per heavy atom. The molecule has 1 heterocycles. The van der Waals surface area contributed by atoms with E-state index < -0.39 is 5.95 Å². The van der Waals surface area contributed by atoms with Crippen molar-refractivity contribution in [3.05, 3.63) is 53.6 Å². The molecule has 0 spiro atoms. The minimum atomic E-state index is -0.487. The van der Waals surface area contributed by atoms with Crippen molar-refractivity contribution in [3.63, 3.8) is 0 Å². The third-order valence-electron chi connectivity index (χ3n) is 3.25. The molecule has 4 nitrogen and oxygen atoms in total. The summed E-state index contributed by atoms with van der Waals surface area (Å²) in [6, 6.07) is 10.9. The Morgan fingerprint density at radius 3 is 2.76 bits per heavy atom. The van der Waals surface area contributed by atoms with E-state index in [9.17, 15) is 9.18 Å². The lowest BCUT2D eigenvalue weighted by Crippen LogP contribution is -2.32. The first kappa shape index (κ1) is 15.1. The van der Waals surface area contributed by atoms with Gasteiger partial charge in [-0.15, -0.1) is 0 Å². The van der Waals surface area contributed by atoms with E-state index in [1.165, 1.54) is 0 Å². The molecule has 1 aromatic heterocycles. The van der Waals surface area contributed by atoms with Crippen LogP contribution in [0, 0.1) is 12.9 Å². The number of halogens is 1. The van der Waals surface area contributed by atoms with Crippen LogP contribution in [0.1, 0.15) is 11.3 Å². The zero-order chi connectivity index (χ0) is 15.4. The molecule has 0 saturated carbocycles. The van der Waals surface area contributed by atoms with Gasteiger partial charge in [-0.25, -0.2) is 4.98 Å². The number of nitrogens with zero attached hydrogens (tertiary/aromatic N) is 2. The molecule has 2 aromatic rings. The maximum absolute atomic E-state index is 13.9. The number of aromatic nitrogens is 1. The van der Waals surface area contributed by atoms with E-state index in [0.717, 1.165) is 11.1 Å². The second-order valence-electron chi connectivity index (χ2n) is 4.95. The summed E-state index contributed by atoms with van der Waals surface area (Å²) >= 11 is 0. The molecule has 0 unspecified atom stereocenters. The fourth-order valence-electron chi connectivity index (χ4n) is 2.10. The van der Waals surface area contributed by atoms with Crippen LogP contribution in [0.2, 0.25) is 0 Å². The number of rotatable bonds is 4. The zero-order valence-corrected chi connectivity index (χ0v) is 12.1. The number of likely N-dealkylation sites (N-methyl/N-ethyl adjacent to an activating group) is 1. The maximum atomic E-state index is 13.9. The number of aryl methyl sites for hydroxylation is 1. The number of benzene rings is 1. The van der Waals surface area contributed by atoms with E-state index >= 15 is 0 Å². The van der Waals surface area contributed by atoms with Crippen LogP contribution in [0.5, 0.6) is 0 Å². The van der Waals surface area contributed by atoms with Crippen molar-refractivity contribution < 1.29 is 9.18 Å². The predicted octanol–water partition coefficient (Wildman–Crippen LogP) is 2.11. The number of carbonyl (C=O) groups is 1. The fourth-order valence-corrected chi connectivity index (χ4v) is 2.10. The number of amides is 1. The SMILES string of the molecule is Cc1ccc(-c2cccc(CN(C)C(=O)CN)c2)c(F)n1. The van der Waals surface area contributed by atoms with Gasteiger partial charge < -0.3 is 10.6 Å². The smallest absolute Gasteiger partial charge is 0.236 e. The second kappa shape index (κ2) is 6.45. The molecule has 0 aliphatic heterocycles. The molecule has 5 heteroatoms. The standard InChI is InChI=1S/C16H18FN3O/c1-11-6-7-14(16(17)19-11)13-5-3-4-12(8-13)10-20(2)15(21)9-18/h3-8H,9-10,18H2,1-2H3. The number of hydrogen-bond donors (Lipinski definition) is 1. The summed E-state index contributed by atoms with van der Waals surface area (Å²) in [5, 5.41) is 0. The zero-order valence-electron chi connectivity index (χ0n) is 12.1. The molecule has 0 aliphatic carbocycles. The molecule has 21 heavy (non-hydrogen) atoms. The molecule has 110 valence electrons. The van der Waals surface area contributed by atoms with Crippen LogP contribution in [0.15, 0.2) is 36.4 Å².